The summed E-state index contributed by atoms with van der Waals surface area (Å²) in [7, 11) is 2.18. The largest absolute Gasteiger partial charge is 0.486 e. The van der Waals surface area contributed by atoms with Crippen molar-refractivity contribution in [2.24, 2.45) is 5.41 Å². The lowest BCUT2D eigenvalue weighted by atomic mass is 9.77. The number of nitrogens with zero attached hydrogens (tertiary/aromatic N) is 6. The monoisotopic (exact) mass is 506 g/mol. The summed E-state index contributed by atoms with van der Waals surface area (Å²) in [6.07, 6.45) is 16.5. The molecule has 3 aliphatic heterocycles. The van der Waals surface area contributed by atoms with Gasteiger partial charge in [0.05, 0.1) is 28.0 Å². The van der Waals surface area contributed by atoms with Gasteiger partial charge in [0.15, 0.2) is 17.2 Å². The second-order valence-electron chi connectivity index (χ2n) is 11.2. The van der Waals surface area contributed by atoms with Gasteiger partial charge in [-0.2, -0.15) is 0 Å². The quantitative estimate of drug-likeness (QED) is 0.501. The molecule has 2 spiro atoms. The normalized spacial score (nSPS) is 24.6. The van der Waals surface area contributed by atoms with Crippen molar-refractivity contribution in [2.75, 3.05) is 43.2 Å². The molecule has 36 heavy (non-hydrogen) atoms. The molecular formula is C27H34N6O2S. The second-order valence-corrected chi connectivity index (χ2v) is 12.3. The van der Waals surface area contributed by atoms with E-state index >= 15 is 0 Å². The minimum atomic E-state index is 0.0958. The van der Waals surface area contributed by atoms with Gasteiger partial charge in [0, 0.05) is 44.9 Å². The molecule has 0 aromatic carbocycles. The lowest BCUT2D eigenvalue weighted by Gasteiger charge is -2.44. The summed E-state index contributed by atoms with van der Waals surface area (Å²) >= 11 is 1.67. The van der Waals surface area contributed by atoms with E-state index in [0.29, 0.717) is 11.5 Å². The summed E-state index contributed by atoms with van der Waals surface area (Å²) in [6.45, 7) is 5.83. The number of imidazole rings is 1. The molecule has 1 atom stereocenters. The third-order valence-corrected chi connectivity index (χ3v) is 10.0. The van der Waals surface area contributed by atoms with Gasteiger partial charge >= 0.3 is 0 Å². The van der Waals surface area contributed by atoms with E-state index in [4.69, 9.17) is 24.4 Å². The van der Waals surface area contributed by atoms with Crippen LogP contribution in [-0.2, 0) is 4.74 Å². The number of likely N-dealkylation sites (N-methyl/N-ethyl adjacent to an activating group) is 1. The van der Waals surface area contributed by atoms with Gasteiger partial charge in [-0.15, -0.1) is 0 Å². The Bertz CT molecular complexity index is 1280. The van der Waals surface area contributed by atoms with E-state index in [9.17, 15) is 0 Å². The number of piperidine rings is 1. The molecule has 4 aliphatic rings. The van der Waals surface area contributed by atoms with E-state index in [1.165, 1.54) is 32.1 Å². The first-order chi connectivity index (χ1) is 17.6. The zero-order valence-corrected chi connectivity index (χ0v) is 22.0. The molecule has 7 rings (SSSR count). The van der Waals surface area contributed by atoms with Crippen molar-refractivity contribution >= 4 is 29.2 Å². The van der Waals surface area contributed by atoms with Crippen LogP contribution in [0.1, 0.15) is 51.9 Å². The van der Waals surface area contributed by atoms with Gasteiger partial charge < -0.3 is 19.3 Å². The lowest BCUT2D eigenvalue weighted by molar-refractivity contribution is 0.0975. The van der Waals surface area contributed by atoms with Gasteiger partial charge in [-0.25, -0.2) is 15.0 Å². The van der Waals surface area contributed by atoms with Gasteiger partial charge in [0.1, 0.15) is 6.61 Å². The van der Waals surface area contributed by atoms with Crippen LogP contribution < -0.4 is 14.5 Å². The molecule has 2 saturated heterocycles. The van der Waals surface area contributed by atoms with E-state index in [1.54, 1.807) is 11.8 Å². The Morgan fingerprint density at radius 1 is 1.00 bits per heavy atom. The van der Waals surface area contributed by atoms with Crippen LogP contribution in [0.2, 0.25) is 0 Å². The Morgan fingerprint density at radius 3 is 2.61 bits per heavy atom. The van der Waals surface area contributed by atoms with Crippen molar-refractivity contribution in [1.82, 2.24) is 19.4 Å². The minimum absolute atomic E-state index is 0.0958. The molecule has 0 radical (unpaired) electrons. The molecule has 190 valence electrons. The summed E-state index contributed by atoms with van der Waals surface area (Å²) < 4.78 is 14.5. The first-order valence-electron chi connectivity index (χ1n) is 13.3. The van der Waals surface area contributed by atoms with Crippen molar-refractivity contribution in [3.63, 3.8) is 0 Å². The van der Waals surface area contributed by atoms with Crippen LogP contribution in [0.15, 0.2) is 40.6 Å². The van der Waals surface area contributed by atoms with Crippen LogP contribution in [0.4, 0.5) is 11.8 Å². The first kappa shape index (κ1) is 22.7. The first-order valence-corrected chi connectivity index (χ1v) is 14.1. The van der Waals surface area contributed by atoms with Crippen LogP contribution in [0.3, 0.4) is 0 Å². The number of ether oxygens (including phenoxy) is 2. The molecule has 3 aromatic rings. The number of fused-ring (bicyclic) bond motifs is 2. The van der Waals surface area contributed by atoms with Crippen molar-refractivity contribution < 1.29 is 9.47 Å². The fraction of sp³-hybridized carbons (Fsp3) is 0.593. The molecule has 0 unspecified atom stereocenters. The maximum Gasteiger partial charge on any atom is 0.211 e. The standard InChI is InChI=1S/C27H34N6O2S/c1-19-15-26(17-34-19)8-12-32(13-9-26)25-30-16-21(23-29-11-14-33(23)25)36-20-5-10-28-24-22(20)35-18-27(31(24)2)6-3-4-7-27/h5,10-11,14,16,19H,3-4,6-9,12-13,15,17-18H2,1-2H3/t19-/m0/s1. The minimum Gasteiger partial charge on any atom is -0.486 e. The van der Waals surface area contributed by atoms with E-state index in [-0.39, 0.29) is 5.54 Å². The number of pyridine rings is 1. The molecule has 9 heteroatoms. The van der Waals surface area contributed by atoms with Gasteiger partial charge in [0.25, 0.3) is 0 Å². The van der Waals surface area contributed by atoms with Gasteiger partial charge in [0.2, 0.25) is 5.95 Å². The van der Waals surface area contributed by atoms with Crippen molar-refractivity contribution in [3.8, 4) is 5.75 Å². The summed E-state index contributed by atoms with van der Waals surface area (Å²) in [5.74, 6) is 2.81. The fourth-order valence-electron chi connectivity index (χ4n) is 6.80. The molecule has 0 N–H and O–H groups in total. The highest BCUT2D eigenvalue weighted by Crippen LogP contribution is 2.48. The molecule has 6 heterocycles. The number of rotatable bonds is 3. The van der Waals surface area contributed by atoms with Crippen molar-refractivity contribution in [3.05, 3.63) is 30.9 Å². The number of anilines is 2. The Kier molecular flexibility index (Phi) is 5.36. The Labute approximate surface area is 216 Å². The summed E-state index contributed by atoms with van der Waals surface area (Å²) in [6, 6.07) is 2.05. The molecule has 0 bridgehead atoms. The van der Waals surface area contributed by atoms with Gasteiger partial charge in [-0.05, 0) is 50.5 Å². The lowest BCUT2D eigenvalue weighted by Crippen LogP contribution is -2.52. The van der Waals surface area contributed by atoms with Gasteiger partial charge in [-0.1, -0.05) is 24.6 Å². The molecule has 1 aliphatic carbocycles. The maximum atomic E-state index is 6.41. The van der Waals surface area contributed by atoms with Gasteiger partial charge in [-0.3, -0.25) is 4.40 Å². The maximum absolute atomic E-state index is 6.41. The van der Waals surface area contributed by atoms with Crippen LogP contribution in [0.5, 0.6) is 5.75 Å². The molecular weight excluding hydrogens is 472 g/mol. The van der Waals surface area contributed by atoms with Crippen LogP contribution >= 0.6 is 11.8 Å². The number of hydrogen-bond donors (Lipinski definition) is 0. The highest BCUT2D eigenvalue weighted by molar-refractivity contribution is 7.99. The van der Waals surface area contributed by atoms with Crippen LogP contribution in [0.25, 0.3) is 5.65 Å². The van der Waals surface area contributed by atoms with E-state index < -0.39 is 0 Å². The smallest absolute Gasteiger partial charge is 0.211 e. The molecule has 8 nitrogen and oxygen atoms in total. The van der Waals surface area contributed by atoms with Crippen molar-refractivity contribution in [2.45, 2.75) is 73.3 Å². The Balaban J connectivity index is 1.15. The van der Waals surface area contributed by atoms with Crippen LogP contribution in [-0.4, -0.2) is 64.3 Å². The highest BCUT2D eigenvalue weighted by Gasteiger charge is 2.44. The second kappa shape index (κ2) is 8.52. The topological polar surface area (TPSA) is 68.0 Å². The summed E-state index contributed by atoms with van der Waals surface area (Å²) in [5.41, 5.74) is 1.38. The Hall–Kier alpha value is -2.52. The molecule has 3 aromatic heterocycles. The highest BCUT2D eigenvalue weighted by atomic mass is 32.2. The van der Waals surface area contributed by atoms with E-state index in [1.807, 2.05) is 30.9 Å². The average Bonchev–Trinajstić information content (AvgIpc) is 3.64. The third-order valence-electron chi connectivity index (χ3n) is 8.99. The van der Waals surface area contributed by atoms with Crippen molar-refractivity contribution in [1.29, 1.82) is 0 Å². The molecule has 0 amide bonds. The summed E-state index contributed by atoms with van der Waals surface area (Å²) in [5, 5.41) is 0. The molecule has 3 fully saturated rings. The average molecular weight is 507 g/mol. The number of aromatic nitrogens is 4. The predicted octanol–water partition coefficient (Wildman–Crippen LogP) is 4.81. The van der Waals surface area contributed by atoms with Crippen LogP contribution in [0, 0.1) is 5.41 Å². The SMILES string of the molecule is C[C@H]1CC2(CCN(c3ncc(Sc4ccnc5c4OCC4(CCCC4)N5C)c4nccn34)CC2)CO1. The van der Waals surface area contributed by atoms with E-state index in [0.717, 1.165) is 72.1 Å². The third kappa shape index (κ3) is 3.57. The fourth-order valence-corrected chi connectivity index (χ4v) is 7.76. The van der Waals surface area contributed by atoms with E-state index in [2.05, 4.69) is 28.2 Å². The summed E-state index contributed by atoms with van der Waals surface area (Å²) in [4.78, 5) is 21.3. The zero-order valence-electron chi connectivity index (χ0n) is 21.2. The number of hydrogen-bond acceptors (Lipinski definition) is 8. The zero-order chi connectivity index (χ0) is 24.3. The predicted molar refractivity (Wildman–Crippen MR) is 140 cm³/mol. The Morgan fingerprint density at radius 2 is 1.83 bits per heavy atom. The molecule has 1 saturated carbocycles.